The van der Waals surface area contributed by atoms with E-state index in [0.29, 0.717) is 0 Å². The summed E-state index contributed by atoms with van der Waals surface area (Å²) in [6.07, 6.45) is 0. The highest BCUT2D eigenvalue weighted by molar-refractivity contribution is 6.23. The lowest BCUT2D eigenvalue weighted by atomic mass is 9.96. The van der Waals surface area contributed by atoms with E-state index in [1.165, 1.54) is 54.9 Å². The van der Waals surface area contributed by atoms with E-state index in [1.54, 1.807) is 0 Å². The molecule has 0 N–H and O–H groups in total. The molecule has 52 heavy (non-hydrogen) atoms. The number of fused-ring (bicyclic) bond motifs is 7. The van der Waals surface area contributed by atoms with Crippen LogP contribution >= 0.6 is 0 Å². The summed E-state index contributed by atoms with van der Waals surface area (Å²) in [7, 11) is 0. The van der Waals surface area contributed by atoms with Gasteiger partial charge in [-0.25, -0.2) is 0 Å². The van der Waals surface area contributed by atoms with Crippen molar-refractivity contribution < 1.29 is 4.42 Å². The van der Waals surface area contributed by atoms with Gasteiger partial charge in [0.2, 0.25) is 0 Å². The molecular formula is C50H33NO. The molecular weight excluding hydrogens is 631 g/mol. The van der Waals surface area contributed by atoms with Crippen molar-refractivity contribution in [3.63, 3.8) is 0 Å². The number of rotatable bonds is 6. The van der Waals surface area contributed by atoms with Gasteiger partial charge in [-0.3, -0.25) is 0 Å². The monoisotopic (exact) mass is 663 g/mol. The minimum absolute atomic E-state index is 0.923. The third kappa shape index (κ3) is 5.21. The quantitative estimate of drug-likeness (QED) is 0.165. The third-order valence-corrected chi connectivity index (χ3v) is 10.2. The highest BCUT2D eigenvalue weighted by Crippen LogP contribution is 2.41. The number of para-hydroxylation sites is 1. The van der Waals surface area contributed by atoms with Gasteiger partial charge in [0, 0.05) is 33.2 Å². The van der Waals surface area contributed by atoms with Crippen LogP contribution in [0.3, 0.4) is 0 Å². The fourth-order valence-corrected chi connectivity index (χ4v) is 7.65. The molecule has 0 fully saturated rings. The standard InChI is InChI=1S/C50H33NO/c1-3-10-34(11-4-1)36-20-26-42(27-21-36)51(44-15-9-14-39(33-44)35-12-5-2-6-13-35)43-28-22-37(23-29-43)40-25-30-45-41(32-40)19-18-38-24-31-47-46-16-7-8-17-48(46)52-50(47)49(38)45/h1-33H. The fourth-order valence-electron chi connectivity index (χ4n) is 7.65. The predicted octanol–water partition coefficient (Wildman–Crippen LogP) is 14.4. The van der Waals surface area contributed by atoms with E-state index in [1.807, 2.05) is 6.07 Å². The van der Waals surface area contributed by atoms with E-state index >= 15 is 0 Å². The maximum Gasteiger partial charge on any atom is 0.143 e. The molecule has 0 aliphatic heterocycles. The van der Waals surface area contributed by atoms with E-state index < -0.39 is 0 Å². The van der Waals surface area contributed by atoms with E-state index in [0.717, 1.165) is 39.0 Å². The SMILES string of the molecule is c1ccc(-c2ccc(N(c3ccc(-c4ccc5c(ccc6ccc7c8ccccc8oc7c65)c4)cc3)c3cccc(-c4ccccc4)c3)cc2)cc1. The highest BCUT2D eigenvalue weighted by Gasteiger charge is 2.16. The van der Waals surface area contributed by atoms with Gasteiger partial charge in [-0.1, -0.05) is 146 Å². The summed E-state index contributed by atoms with van der Waals surface area (Å²) in [5, 5.41) is 7.06. The molecule has 0 spiro atoms. The smallest absolute Gasteiger partial charge is 0.143 e. The van der Waals surface area contributed by atoms with Crippen LogP contribution in [0.25, 0.3) is 76.9 Å². The van der Waals surface area contributed by atoms with Gasteiger partial charge < -0.3 is 9.32 Å². The molecule has 2 nitrogen and oxygen atoms in total. The Morgan fingerprint density at radius 3 is 1.56 bits per heavy atom. The molecule has 0 saturated heterocycles. The second-order valence-corrected chi connectivity index (χ2v) is 13.4. The van der Waals surface area contributed by atoms with Crippen LogP contribution in [0.5, 0.6) is 0 Å². The van der Waals surface area contributed by atoms with Gasteiger partial charge in [0.25, 0.3) is 0 Å². The van der Waals surface area contributed by atoms with Crippen LogP contribution < -0.4 is 4.90 Å². The molecule has 0 bridgehead atoms. The van der Waals surface area contributed by atoms with Crippen LogP contribution in [0.2, 0.25) is 0 Å². The molecule has 0 unspecified atom stereocenters. The molecule has 10 aromatic rings. The molecule has 0 atom stereocenters. The molecule has 0 aliphatic rings. The van der Waals surface area contributed by atoms with Gasteiger partial charge >= 0.3 is 0 Å². The molecule has 9 aromatic carbocycles. The van der Waals surface area contributed by atoms with Gasteiger partial charge in [0.05, 0.1) is 0 Å². The lowest BCUT2D eigenvalue weighted by molar-refractivity contribution is 0.673. The Morgan fingerprint density at radius 2 is 0.827 bits per heavy atom. The zero-order chi connectivity index (χ0) is 34.4. The Balaban J connectivity index is 1.05. The molecule has 1 heterocycles. The summed E-state index contributed by atoms with van der Waals surface area (Å²) in [5.74, 6) is 0. The number of benzene rings is 9. The van der Waals surface area contributed by atoms with Gasteiger partial charge in [0.15, 0.2) is 0 Å². The van der Waals surface area contributed by atoms with Crippen molar-refractivity contribution in [2.75, 3.05) is 4.90 Å². The van der Waals surface area contributed by atoms with Gasteiger partial charge in [-0.05, 0) is 104 Å². The van der Waals surface area contributed by atoms with Crippen molar-refractivity contribution in [2.45, 2.75) is 0 Å². The maximum atomic E-state index is 6.45. The first kappa shape index (κ1) is 30.0. The number of anilines is 3. The van der Waals surface area contributed by atoms with E-state index in [9.17, 15) is 0 Å². The molecule has 0 aliphatic carbocycles. The van der Waals surface area contributed by atoms with Gasteiger partial charge in [-0.15, -0.1) is 0 Å². The maximum absolute atomic E-state index is 6.45. The number of hydrogen-bond acceptors (Lipinski definition) is 2. The van der Waals surface area contributed by atoms with Crippen LogP contribution in [0.4, 0.5) is 17.1 Å². The summed E-state index contributed by atoms with van der Waals surface area (Å²) in [5.41, 5.74) is 12.3. The van der Waals surface area contributed by atoms with Crippen LogP contribution in [-0.2, 0) is 0 Å². The second kappa shape index (κ2) is 12.5. The number of furan rings is 1. The van der Waals surface area contributed by atoms with Gasteiger partial charge in [0.1, 0.15) is 11.2 Å². The molecule has 0 radical (unpaired) electrons. The molecule has 1 aromatic heterocycles. The largest absolute Gasteiger partial charge is 0.455 e. The lowest BCUT2D eigenvalue weighted by Gasteiger charge is -2.26. The summed E-state index contributed by atoms with van der Waals surface area (Å²) in [4.78, 5) is 2.34. The summed E-state index contributed by atoms with van der Waals surface area (Å²) < 4.78 is 6.45. The van der Waals surface area contributed by atoms with Crippen LogP contribution in [0.1, 0.15) is 0 Å². The first-order chi connectivity index (χ1) is 25.8. The van der Waals surface area contributed by atoms with Crippen LogP contribution in [0, 0.1) is 0 Å². The minimum Gasteiger partial charge on any atom is -0.455 e. The first-order valence-electron chi connectivity index (χ1n) is 17.8. The fraction of sp³-hybridized carbons (Fsp3) is 0. The molecule has 0 saturated carbocycles. The Labute approximate surface area is 302 Å². The molecule has 244 valence electrons. The van der Waals surface area contributed by atoms with Crippen molar-refractivity contribution in [1.82, 2.24) is 0 Å². The normalized spacial score (nSPS) is 11.5. The first-order valence-corrected chi connectivity index (χ1v) is 17.8. The second-order valence-electron chi connectivity index (χ2n) is 13.4. The van der Waals surface area contributed by atoms with Crippen molar-refractivity contribution in [1.29, 1.82) is 0 Å². The summed E-state index contributed by atoms with van der Waals surface area (Å²) >= 11 is 0. The topological polar surface area (TPSA) is 16.4 Å². The van der Waals surface area contributed by atoms with Crippen molar-refractivity contribution >= 4 is 60.5 Å². The summed E-state index contributed by atoms with van der Waals surface area (Å²) in [6.45, 7) is 0. The predicted molar refractivity (Wildman–Crippen MR) is 220 cm³/mol. The van der Waals surface area contributed by atoms with E-state index in [2.05, 4.69) is 199 Å². The average Bonchev–Trinajstić information content (AvgIpc) is 3.61. The Bertz CT molecular complexity index is 2870. The Morgan fingerprint density at radius 1 is 0.308 bits per heavy atom. The number of hydrogen-bond donors (Lipinski definition) is 0. The average molecular weight is 664 g/mol. The van der Waals surface area contributed by atoms with E-state index in [4.69, 9.17) is 4.42 Å². The third-order valence-electron chi connectivity index (χ3n) is 10.2. The van der Waals surface area contributed by atoms with Crippen molar-refractivity contribution in [3.05, 3.63) is 200 Å². The molecule has 2 heteroatoms. The van der Waals surface area contributed by atoms with Crippen LogP contribution in [-0.4, -0.2) is 0 Å². The zero-order valence-corrected chi connectivity index (χ0v) is 28.4. The van der Waals surface area contributed by atoms with Gasteiger partial charge in [-0.2, -0.15) is 0 Å². The Kier molecular flexibility index (Phi) is 7.18. The molecule has 10 rings (SSSR count). The minimum atomic E-state index is 0.923. The highest BCUT2D eigenvalue weighted by atomic mass is 16.3. The van der Waals surface area contributed by atoms with Crippen molar-refractivity contribution in [2.24, 2.45) is 0 Å². The van der Waals surface area contributed by atoms with E-state index in [-0.39, 0.29) is 0 Å². The molecule has 0 amide bonds. The zero-order valence-electron chi connectivity index (χ0n) is 28.4. The summed E-state index contributed by atoms with van der Waals surface area (Å²) in [6, 6.07) is 71.7. The van der Waals surface area contributed by atoms with Crippen molar-refractivity contribution in [3.8, 4) is 33.4 Å². The lowest BCUT2D eigenvalue weighted by Crippen LogP contribution is -2.10. The number of nitrogens with zero attached hydrogens (tertiary/aromatic N) is 1. The van der Waals surface area contributed by atoms with Crippen LogP contribution in [0.15, 0.2) is 205 Å². The Hall–Kier alpha value is -6.90.